The fourth-order valence-electron chi connectivity index (χ4n) is 3.58. The number of aliphatic hydroxyl groups excluding tert-OH is 1. The van der Waals surface area contributed by atoms with Crippen LogP contribution in [0.2, 0.25) is 0 Å². The van der Waals surface area contributed by atoms with Crippen molar-refractivity contribution in [2.45, 2.75) is 59.6 Å². The highest BCUT2D eigenvalue weighted by atomic mass is 32.2. The van der Waals surface area contributed by atoms with E-state index in [1.807, 2.05) is 11.8 Å². The van der Waals surface area contributed by atoms with Gasteiger partial charge in [-0.2, -0.15) is 0 Å². The van der Waals surface area contributed by atoms with Crippen molar-refractivity contribution in [2.75, 3.05) is 26.3 Å². The lowest BCUT2D eigenvalue weighted by Gasteiger charge is -2.38. The lowest BCUT2D eigenvalue weighted by Crippen LogP contribution is -2.47. The highest BCUT2D eigenvalue weighted by molar-refractivity contribution is 8.07. The van der Waals surface area contributed by atoms with E-state index in [1.54, 1.807) is 0 Å². The van der Waals surface area contributed by atoms with Crippen LogP contribution in [0.3, 0.4) is 0 Å². The molecule has 0 bridgehead atoms. The Kier molecular flexibility index (Phi) is 8.08. The molecule has 2 atom stereocenters. The number of hydrogen-bond donors (Lipinski definition) is 1. The molecule has 0 spiro atoms. The molecule has 1 aliphatic carbocycles. The molecule has 4 heteroatoms. The molecule has 1 heterocycles. The van der Waals surface area contributed by atoms with Crippen LogP contribution >= 0.6 is 11.8 Å². The van der Waals surface area contributed by atoms with Crippen LogP contribution in [-0.2, 0) is 4.74 Å². The third-order valence-corrected chi connectivity index (χ3v) is 6.60. The minimum Gasteiger partial charge on any atom is -0.379 e. The van der Waals surface area contributed by atoms with Gasteiger partial charge >= 0.3 is 0 Å². The van der Waals surface area contributed by atoms with E-state index in [4.69, 9.17) is 4.74 Å². The third-order valence-electron chi connectivity index (χ3n) is 5.02. The summed E-state index contributed by atoms with van der Waals surface area (Å²) >= 11 is 1.93. The zero-order chi connectivity index (χ0) is 17.5. The Labute approximate surface area is 151 Å². The standard InChI is InChI=1S/C20H33NO2S/c1-5-7-15(3)18(6-2)24-19-9-8-17(14-16(19)4)20(22)21-10-12-23-13-11-21/h6-7,17,20,22H,5,8-14H2,1-4H3/b15-7-,18-6+/t17?,20-/m1/s1. The van der Waals surface area contributed by atoms with Gasteiger partial charge < -0.3 is 9.84 Å². The minimum absolute atomic E-state index is 0.321. The van der Waals surface area contributed by atoms with Crippen LogP contribution in [0.15, 0.2) is 33.1 Å². The Hall–Kier alpha value is -0.550. The number of morpholine rings is 1. The zero-order valence-electron chi connectivity index (χ0n) is 15.7. The van der Waals surface area contributed by atoms with E-state index in [9.17, 15) is 5.11 Å². The summed E-state index contributed by atoms with van der Waals surface area (Å²) in [4.78, 5) is 5.06. The number of hydrogen-bond acceptors (Lipinski definition) is 4. The van der Waals surface area contributed by atoms with Crippen LogP contribution in [0.4, 0.5) is 0 Å². The van der Waals surface area contributed by atoms with Crippen LogP contribution in [0.25, 0.3) is 0 Å². The molecule has 1 N–H and O–H groups in total. The highest BCUT2D eigenvalue weighted by Gasteiger charge is 2.30. The van der Waals surface area contributed by atoms with Gasteiger partial charge in [-0.15, -0.1) is 0 Å². The van der Waals surface area contributed by atoms with Gasteiger partial charge in [-0.3, -0.25) is 4.90 Å². The molecule has 1 saturated heterocycles. The van der Waals surface area contributed by atoms with Gasteiger partial charge in [-0.05, 0) is 56.9 Å². The maximum atomic E-state index is 10.7. The molecule has 0 amide bonds. The third kappa shape index (κ3) is 5.22. The van der Waals surface area contributed by atoms with Gasteiger partial charge in [0.05, 0.1) is 13.2 Å². The summed E-state index contributed by atoms with van der Waals surface area (Å²) in [5.74, 6) is 0.355. The Morgan fingerprint density at radius 2 is 2.12 bits per heavy atom. The first kappa shape index (κ1) is 19.8. The molecule has 3 nitrogen and oxygen atoms in total. The number of aliphatic hydroxyl groups is 1. The molecule has 2 rings (SSSR count). The first-order valence-corrected chi connectivity index (χ1v) is 10.1. The predicted octanol–water partition coefficient (Wildman–Crippen LogP) is 4.70. The van der Waals surface area contributed by atoms with Gasteiger partial charge in [0.15, 0.2) is 0 Å². The van der Waals surface area contributed by atoms with Crippen molar-refractivity contribution in [3.8, 4) is 0 Å². The first-order valence-electron chi connectivity index (χ1n) is 9.26. The van der Waals surface area contributed by atoms with Crippen LogP contribution in [-0.4, -0.2) is 42.5 Å². The second-order valence-corrected chi connectivity index (χ2v) is 7.96. The van der Waals surface area contributed by atoms with Crippen molar-refractivity contribution in [3.63, 3.8) is 0 Å². The van der Waals surface area contributed by atoms with Crippen molar-refractivity contribution in [3.05, 3.63) is 33.1 Å². The molecule has 0 aromatic heterocycles. The molecule has 136 valence electrons. The van der Waals surface area contributed by atoms with E-state index in [0.717, 1.165) is 52.0 Å². The van der Waals surface area contributed by atoms with Gasteiger partial charge in [0.1, 0.15) is 6.23 Å². The lowest BCUT2D eigenvalue weighted by molar-refractivity contribution is -0.0877. The molecule has 0 radical (unpaired) electrons. The van der Waals surface area contributed by atoms with Crippen molar-refractivity contribution in [2.24, 2.45) is 5.92 Å². The number of thioether (sulfide) groups is 1. The predicted molar refractivity (Wildman–Crippen MR) is 104 cm³/mol. The van der Waals surface area contributed by atoms with Crippen molar-refractivity contribution in [1.29, 1.82) is 0 Å². The minimum atomic E-state index is -0.321. The zero-order valence-corrected chi connectivity index (χ0v) is 16.5. The largest absolute Gasteiger partial charge is 0.379 e. The van der Waals surface area contributed by atoms with Gasteiger partial charge in [0, 0.05) is 23.9 Å². The molecular formula is C20H33NO2S. The van der Waals surface area contributed by atoms with E-state index in [1.165, 1.54) is 21.0 Å². The summed E-state index contributed by atoms with van der Waals surface area (Å²) in [7, 11) is 0. The van der Waals surface area contributed by atoms with Gasteiger partial charge in [0.2, 0.25) is 0 Å². The van der Waals surface area contributed by atoms with Crippen molar-refractivity contribution >= 4 is 11.8 Å². The van der Waals surface area contributed by atoms with Crippen LogP contribution in [0, 0.1) is 5.92 Å². The summed E-state index contributed by atoms with van der Waals surface area (Å²) in [5, 5.41) is 10.7. The molecule has 1 aliphatic heterocycles. The van der Waals surface area contributed by atoms with E-state index >= 15 is 0 Å². The summed E-state index contributed by atoms with van der Waals surface area (Å²) in [6.07, 6.45) is 8.45. The SMILES string of the molecule is C/C=C(SC1=C(C)CC([C@@H](O)N2CCOCC2)CC1)\C(C)=C/CC. The summed E-state index contributed by atoms with van der Waals surface area (Å²) in [6.45, 7) is 11.9. The fourth-order valence-corrected chi connectivity index (χ4v) is 4.68. The van der Waals surface area contributed by atoms with Crippen LogP contribution in [0.5, 0.6) is 0 Å². The summed E-state index contributed by atoms with van der Waals surface area (Å²) < 4.78 is 5.40. The maximum Gasteiger partial charge on any atom is 0.110 e. The van der Waals surface area contributed by atoms with Crippen molar-refractivity contribution in [1.82, 2.24) is 4.90 Å². The summed E-state index contributed by atoms with van der Waals surface area (Å²) in [6, 6.07) is 0. The Balaban J connectivity index is 1.98. The normalized spacial score (nSPS) is 26.0. The highest BCUT2D eigenvalue weighted by Crippen LogP contribution is 2.42. The Morgan fingerprint density at radius 1 is 1.42 bits per heavy atom. The quantitative estimate of drug-likeness (QED) is 0.703. The van der Waals surface area contributed by atoms with E-state index in [-0.39, 0.29) is 6.23 Å². The fraction of sp³-hybridized carbons (Fsp3) is 0.700. The molecule has 0 saturated carbocycles. The molecule has 2 aliphatic rings. The number of nitrogens with zero attached hydrogens (tertiary/aromatic N) is 1. The Morgan fingerprint density at radius 3 is 2.71 bits per heavy atom. The Bertz CT molecular complexity index is 504. The summed E-state index contributed by atoms with van der Waals surface area (Å²) in [5.41, 5.74) is 2.83. The molecule has 24 heavy (non-hydrogen) atoms. The molecular weight excluding hydrogens is 318 g/mol. The van der Waals surface area contributed by atoms with Crippen molar-refractivity contribution < 1.29 is 9.84 Å². The van der Waals surface area contributed by atoms with Crippen LogP contribution in [0.1, 0.15) is 53.4 Å². The lowest BCUT2D eigenvalue weighted by atomic mass is 9.87. The monoisotopic (exact) mass is 351 g/mol. The van der Waals surface area contributed by atoms with E-state index in [2.05, 4.69) is 44.7 Å². The second-order valence-electron chi connectivity index (χ2n) is 6.82. The average Bonchev–Trinajstić information content (AvgIpc) is 2.61. The maximum absolute atomic E-state index is 10.7. The number of rotatable bonds is 6. The first-order chi connectivity index (χ1) is 11.6. The van der Waals surface area contributed by atoms with Gasteiger partial charge in [-0.1, -0.05) is 36.4 Å². The van der Waals surface area contributed by atoms with E-state index in [0.29, 0.717) is 5.92 Å². The number of allylic oxidation sites excluding steroid dienone is 5. The van der Waals surface area contributed by atoms with Gasteiger partial charge in [0.25, 0.3) is 0 Å². The molecule has 0 aromatic carbocycles. The van der Waals surface area contributed by atoms with Gasteiger partial charge in [-0.25, -0.2) is 0 Å². The van der Waals surface area contributed by atoms with E-state index < -0.39 is 0 Å². The average molecular weight is 352 g/mol. The second kappa shape index (κ2) is 9.81. The molecule has 0 aromatic rings. The topological polar surface area (TPSA) is 32.7 Å². The molecule has 1 fully saturated rings. The van der Waals surface area contributed by atoms with Crippen LogP contribution < -0.4 is 0 Å². The smallest absolute Gasteiger partial charge is 0.110 e. The number of ether oxygens (including phenoxy) is 1. The molecule has 1 unspecified atom stereocenters.